The number of benzene rings is 1. The summed E-state index contributed by atoms with van der Waals surface area (Å²) in [6, 6.07) is 7.60. The van der Waals surface area contributed by atoms with Crippen LogP contribution in [-0.2, 0) is 0 Å². The second-order valence-corrected chi connectivity index (χ2v) is 18.1. The molecule has 0 saturated carbocycles. The number of pyridine rings is 1. The van der Waals surface area contributed by atoms with E-state index in [2.05, 4.69) is 96.2 Å². The Morgan fingerprint density at radius 2 is 1.74 bits per heavy atom. The van der Waals surface area contributed by atoms with Gasteiger partial charge in [-0.25, -0.2) is 4.98 Å². The topological polar surface area (TPSA) is 107 Å². The molecule has 3 aromatic rings. The Morgan fingerprint density at radius 3 is 2.40 bits per heavy atom. The van der Waals surface area contributed by atoms with Crippen LogP contribution in [0.15, 0.2) is 35.3 Å². The summed E-state index contributed by atoms with van der Waals surface area (Å²) in [6.45, 7) is 18.2. The molecule has 1 saturated heterocycles. The Hall–Kier alpha value is -3.39. The van der Waals surface area contributed by atoms with Gasteiger partial charge in [0.25, 0.3) is 5.56 Å². The molecule has 0 atom stereocenters. The number of nitrogens with zero attached hydrogens (tertiary/aromatic N) is 4. The molecule has 1 aliphatic rings. The highest BCUT2D eigenvalue weighted by molar-refractivity contribution is 6.90. The first-order valence-electron chi connectivity index (χ1n) is 15.6. The van der Waals surface area contributed by atoms with Crippen LogP contribution in [0.25, 0.3) is 11.0 Å². The Morgan fingerprint density at radius 1 is 1.05 bits per heavy atom. The Balaban J connectivity index is 1.64. The van der Waals surface area contributed by atoms with Crippen LogP contribution in [0.3, 0.4) is 0 Å². The first kappa shape index (κ1) is 32.5. The van der Waals surface area contributed by atoms with Gasteiger partial charge in [0, 0.05) is 62.4 Å². The number of fused-ring (bicyclic) bond motifs is 1. The van der Waals surface area contributed by atoms with E-state index in [9.17, 15) is 9.90 Å². The van der Waals surface area contributed by atoms with Crippen LogP contribution in [0.4, 0.5) is 17.3 Å². The summed E-state index contributed by atoms with van der Waals surface area (Å²) >= 11 is 0. The number of hydrogen-bond donors (Lipinski definition) is 3. The Bertz CT molecular complexity index is 1480. The maximum absolute atomic E-state index is 12.7. The maximum atomic E-state index is 12.7. The molecular formula is C33H48N6O3Si. The molecule has 1 aliphatic heterocycles. The van der Waals surface area contributed by atoms with E-state index in [0.717, 1.165) is 55.1 Å². The van der Waals surface area contributed by atoms with Gasteiger partial charge in [0.2, 0.25) is 5.95 Å². The normalized spacial score (nSPS) is 14.4. The molecule has 43 heavy (non-hydrogen) atoms. The zero-order chi connectivity index (χ0) is 31.1. The van der Waals surface area contributed by atoms with Gasteiger partial charge < -0.3 is 29.9 Å². The molecule has 0 amide bonds. The summed E-state index contributed by atoms with van der Waals surface area (Å²) in [6.07, 6.45) is 3.21. The van der Waals surface area contributed by atoms with Crippen LogP contribution >= 0.6 is 0 Å². The fourth-order valence-electron chi connectivity index (χ4n) is 6.35. The minimum Gasteiger partial charge on any atom is -0.491 e. The van der Waals surface area contributed by atoms with E-state index < -0.39 is 8.07 Å². The van der Waals surface area contributed by atoms with Crippen molar-refractivity contribution in [3.05, 3.63) is 46.4 Å². The van der Waals surface area contributed by atoms with E-state index in [-0.39, 0.29) is 12.2 Å². The largest absolute Gasteiger partial charge is 0.491 e. The van der Waals surface area contributed by atoms with Gasteiger partial charge in [-0.05, 0) is 48.6 Å². The van der Waals surface area contributed by atoms with Crippen molar-refractivity contribution < 1.29 is 9.84 Å². The number of aliphatic hydroxyl groups is 1. The van der Waals surface area contributed by atoms with Gasteiger partial charge in [-0.15, -0.1) is 5.54 Å². The van der Waals surface area contributed by atoms with Gasteiger partial charge in [-0.2, -0.15) is 4.98 Å². The minimum absolute atomic E-state index is 0.154. The van der Waals surface area contributed by atoms with E-state index in [1.807, 2.05) is 12.1 Å². The molecular weight excluding hydrogens is 556 g/mol. The van der Waals surface area contributed by atoms with Crippen molar-refractivity contribution in [1.29, 1.82) is 0 Å². The zero-order valence-electron chi connectivity index (χ0n) is 26.8. The highest BCUT2D eigenvalue weighted by Gasteiger charge is 2.41. The van der Waals surface area contributed by atoms with Gasteiger partial charge in [0.1, 0.15) is 19.5 Å². The molecule has 0 radical (unpaired) electrons. The average molecular weight is 605 g/mol. The molecule has 2 aromatic heterocycles. The number of piperazine rings is 1. The molecule has 0 bridgehead atoms. The standard InChI is InChI=1S/C33H48N6O3Si/c1-23(2)43(24(3)4,25(5)6)19-12-26-20-31(41)36-32-28(26)22-34-33(37-32)35-27-10-11-29(39-15-13-38(7)14-16-39)30(21-27)42-18-9-8-17-40/h10-11,20-25,40H,8-9,13-18H2,1-7H3,(H2,34,35,36,37,41). The third-order valence-electron chi connectivity index (χ3n) is 8.75. The number of aromatic amines is 1. The van der Waals surface area contributed by atoms with Gasteiger partial charge in [-0.1, -0.05) is 47.5 Å². The fraction of sp³-hybridized carbons (Fsp3) is 0.545. The summed E-state index contributed by atoms with van der Waals surface area (Å²) in [5.41, 5.74) is 7.92. The van der Waals surface area contributed by atoms with Crippen LogP contribution < -0.4 is 20.5 Å². The first-order valence-corrected chi connectivity index (χ1v) is 17.8. The highest BCUT2D eigenvalue weighted by Crippen LogP contribution is 2.41. The van der Waals surface area contributed by atoms with E-state index >= 15 is 0 Å². The number of anilines is 3. The fourth-order valence-corrected chi connectivity index (χ4v) is 11.6. The van der Waals surface area contributed by atoms with Crippen molar-refractivity contribution in [2.45, 2.75) is 71.0 Å². The van der Waals surface area contributed by atoms with E-state index in [1.165, 1.54) is 0 Å². The maximum Gasteiger partial charge on any atom is 0.250 e. The number of rotatable bonds is 11. The van der Waals surface area contributed by atoms with Crippen LogP contribution in [0, 0.1) is 11.5 Å². The van der Waals surface area contributed by atoms with Crippen molar-refractivity contribution >= 4 is 36.4 Å². The molecule has 3 N–H and O–H groups in total. The molecule has 3 heterocycles. The minimum atomic E-state index is -1.97. The smallest absolute Gasteiger partial charge is 0.250 e. The third kappa shape index (κ3) is 7.58. The summed E-state index contributed by atoms with van der Waals surface area (Å²) in [4.78, 5) is 29.5. The molecule has 1 fully saturated rings. The van der Waals surface area contributed by atoms with Gasteiger partial charge in [0.15, 0.2) is 0 Å². The highest BCUT2D eigenvalue weighted by atomic mass is 28.3. The summed E-state index contributed by atoms with van der Waals surface area (Å²) in [5.74, 6) is 4.57. The summed E-state index contributed by atoms with van der Waals surface area (Å²) < 4.78 is 6.20. The Kier molecular flexibility index (Phi) is 10.9. The van der Waals surface area contributed by atoms with Gasteiger partial charge in [-0.3, -0.25) is 4.79 Å². The predicted molar refractivity (Wildman–Crippen MR) is 179 cm³/mol. The summed E-state index contributed by atoms with van der Waals surface area (Å²) in [7, 11) is 0.165. The van der Waals surface area contributed by atoms with Gasteiger partial charge in [0.05, 0.1) is 17.7 Å². The average Bonchev–Trinajstić information content (AvgIpc) is 2.95. The van der Waals surface area contributed by atoms with Crippen molar-refractivity contribution in [2.24, 2.45) is 0 Å². The number of ether oxygens (including phenoxy) is 1. The number of H-pyrrole nitrogens is 1. The second-order valence-electron chi connectivity index (χ2n) is 12.5. The van der Waals surface area contributed by atoms with E-state index in [0.29, 0.717) is 46.8 Å². The molecule has 0 aliphatic carbocycles. The summed E-state index contributed by atoms with van der Waals surface area (Å²) in [5, 5.41) is 13.2. The molecule has 0 spiro atoms. The van der Waals surface area contributed by atoms with Crippen LogP contribution in [-0.4, -0.2) is 79.5 Å². The third-order valence-corrected chi connectivity index (χ3v) is 15.0. The number of aliphatic hydroxyl groups excluding tert-OH is 1. The number of aromatic nitrogens is 3. The van der Waals surface area contributed by atoms with Crippen molar-refractivity contribution in [1.82, 2.24) is 19.9 Å². The second kappa shape index (κ2) is 14.4. The molecule has 232 valence electrons. The first-order chi connectivity index (χ1) is 20.5. The number of likely N-dealkylation sites (N-methyl/N-ethyl adjacent to an activating group) is 1. The molecule has 0 unspecified atom stereocenters. The van der Waals surface area contributed by atoms with E-state index in [4.69, 9.17) is 4.74 Å². The van der Waals surface area contributed by atoms with Crippen LogP contribution in [0.2, 0.25) is 16.6 Å². The molecule has 1 aromatic carbocycles. The van der Waals surface area contributed by atoms with Crippen LogP contribution in [0.5, 0.6) is 5.75 Å². The molecule has 4 rings (SSSR count). The number of unbranched alkanes of at least 4 members (excludes halogenated alkanes) is 1. The van der Waals surface area contributed by atoms with E-state index in [1.54, 1.807) is 12.3 Å². The number of nitrogens with one attached hydrogen (secondary N) is 2. The molecule has 10 heteroatoms. The van der Waals surface area contributed by atoms with Crippen molar-refractivity contribution in [3.8, 4) is 17.2 Å². The lowest BCUT2D eigenvalue weighted by atomic mass is 10.2. The Labute approximate surface area is 257 Å². The van der Waals surface area contributed by atoms with Crippen LogP contribution in [0.1, 0.15) is 59.9 Å². The quantitative estimate of drug-likeness (QED) is 0.149. The number of hydrogen-bond acceptors (Lipinski definition) is 8. The molecule has 9 nitrogen and oxygen atoms in total. The van der Waals surface area contributed by atoms with Crippen molar-refractivity contribution in [3.63, 3.8) is 0 Å². The monoisotopic (exact) mass is 604 g/mol. The lowest BCUT2D eigenvalue weighted by Crippen LogP contribution is -2.44. The predicted octanol–water partition coefficient (Wildman–Crippen LogP) is 5.53. The van der Waals surface area contributed by atoms with Crippen molar-refractivity contribution in [2.75, 3.05) is 56.7 Å². The van der Waals surface area contributed by atoms with Gasteiger partial charge >= 0.3 is 0 Å². The lowest BCUT2D eigenvalue weighted by Gasteiger charge is -2.38. The SMILES string of the molecule is CC(C)[Si](C#Cc1cc(=O)[nH]c2nc(Nc3ccc(N4CCN(C)CC4)c(OCCCCO)c3)ncc12)(C(C)C)C(C)C. The lowest BCUT2D eigenvalue weighted by molar-refractivity contribution is 0.252. The zero-order valence-corrected chi connectivity index (χ0v) is 27.8.